The summed E-state index contributed by atoms with van der Waals surface area (Å²) in [6, 6.07) is 5.83. The second-order valence-electron chi connectivity index (χ2n) is 5.69. The van der Waals surface area contributed by atoms with Crippen LogP contribution in [-0.2, 0) is 4.74 Å². The topological polar surface area (TPSA) is 85.1 Å². The van der Waals surface area contributed by atoms with Crippen LogP contribution in [0.15, 0.2) is 24.3 Å². The largest absolute Gasteiger partial charge is 0.491 e. The molecule has 0 amide bonds. The van der Waals surface area contributed by atoms with Crippen LogP contribution in [0.1, 0.15) is 13.8 Å². The van der Waals surface area contributed by atoms with Crippen LogP contribution < -0.4 is 4.74 Å². The van der Waals surface area contributed by atoms with Crippen LogP contribution >= 0.6 is 0 Å². The van der Waals surface area contributed by atoms with E-state index in [0.717, 1.165) is 13.1 Å². The Hall–Kier alpha value is -1.70. The van der Waals surface area contributed by atoms with Crippen molar-refractivity contribution in [2.24, 2.45) is 0 Å². The summed E-state index contributed by atoms with van der Waals surface area (Å²) >= 11 is 0. The summed E-state index contributed by atoms with van der Waals surface area (Å²) in [5, 5.41) is 20.6. The van der Waals surface area contributed by atoms with E-state index in [9.17, 15) is 15.2 Å². The van der Waals surface area contributed by atoms with Crippen molar-refractivity contribution < 1.29 is 19.5 Å². The van der Waals surface area contributed by atoms with Gasteiger partial charge in [-0.25, -0.2) is 0 Å². The van der Waals surface area contributed by atoms with E-state index < -0.39 is 11.0 Å². The van der Waals surface area contributed by atoms with Gasteiger partial charge in [0.25, 0.3) is 5.69 Å². The number of aliphatic hydroxyl groups is 1. The fourth-order valence-corrected chi connectivity index (χ4v) is 2.64. The van der Waals surface area contributed by atoms with E-state index in [1.54, 1.807) is 0 Å². The molecule has 1 fully saturated rings. The lowest BCUT2D eigenvalue weighted by Crippen LogP contribution is -2.48. The Labute approximate surface area is 129 Å². The number of morpholine rings is 1. The van der Waals surface area contributed by atoms with Gasteiger partial charge in [0.2, 0.25) is 0 Å². The third-order valence-corrected chi connectivity index (χ3v) is 3.45. The maximum Gasteiger partial charge on any atom is 0.269 e. The first-order valence-corrected chi connectivity index (χ1v) is 7.37. The van der Waals surface area contributed by atoms with Crippen molar-refractivity contribution in [3.63, 3.8) is 0 Å². The van der Waals surface area contributed by atoms with Crippen LogP contribution in [0.25, 0.3) is 0 Å². The molecule has 1 aliphatic rings. The third-order valence-electron chi connectivity index (χ3n) is 3.45. The molecule has 0 radical (unpaired) electrons. The van der Waals surface area contributed by atoms with E-state index >= 15 is 0 Å². The predicted octanol–water partition coefficient (Wildman–Crippen LogP) is 1.44. The molecule has 1 heterocycles. The smallest absolute Gasteiger partial charge is 0.269 e. The van der Waals surface area contributed by atoms with E-state index in [0.29, 0.717) is 12.3 Å². The minimum absolute atomic E-state index is 0.0178. The highest BCUT2D eigenvalue weighted by Gasteiger charge is 2.23. The number of nitro groups is 1. The summed E-state index contributed by atoms with van der Waals surface area (Å²) in [5.74, 6) is 0.508. The molecule has 0 aromatic heterocycles. The number of ether oxygens (including phenoxy) is 2. The molecule has 1 aliphatic heterocycles. The normalized spacial score (nSPS) is 24.0. The molecule has 22 heavy (non-hydrogen) atoms. The van der Waals surface area contributed by atoms with Gasteiger partial charge in [-0.05, 0) is 26.0 Å². The fourth-order valence-electron chi connectivity index (χ4n) is 2.64. The van der Waals surface area contributed by atoms with Crippen molar-refractivity contribution in [2.45, 2.75) is 32.2 Å². The Kier molecular flexibility index (Phi) is 5.70. The number of non-ortho nitro benzene ring substituents is 1. The molecule has 7 heteroatoms. The molecule has 1 aromatic carbocycles. The van der Waals surface area contributed by atoms with E-state index in [1.165, 1.54) is 24.3 Å². The number of β-amino-alcohol motifs (C(OH)–C–C–N with tert-alkyl or cyclic N) is 1. The maximum atomic E-state index is 10.6. The number of hydrogen-bond acceptors (Lipinski definition) is 6. The monoisotopic (exact) mass is 310 g/mol. The first kappa shape index (κ1) is 16.7. The second kappa shape index (κ2) is 7.53. The van der Waals surface area contributed by atoms with Crippen molar-refractivity contribution >= 4 is 5.69 Å². The van der Waals surface area contributed by atoms with E-state index in [1.807, 2.05) is 13.8 Å². The zero-order chi connectivity index (χ0) is 16.1. The minimum atomic E-state index is -0.618. The Morgan fingerprint density at radius 1 is 1.36 bits per heavy atom. The fraction of sp³-hybridized carbons (Fsp3) is 0.600. The Morgan fingerprint density at radius 2 is 1.95 bits per heavy atom. The zero-order valence-corrected chi connectivity index (χ0v) is 12.8. The molecule has 1 aromatic rings. The SMILES string of the molecule is C[C@H]1CN(C[C@H](O)COc2ccc([N+](=O)[O-])cc2)C[C@H](C)O1. The van der Waals surface area contributed by atoms with Crippen LogP contribution in [0, 0.1) is 10.1 Å². The molecule has 0 unspecified atom stereocenters. The van der Waals surface area contributed by atoms with E-state index in [-0.39, 0.29) is 24.5 Å². The lowest BCUT2D eigenvalue weighted by molar-refractivity contribution is -0.384. The Bertz CT molecular complexity index is 483. The van der Waals surface area contributed by atoms with Crippen molar-refractivity contribution in [3.8, 4) is 5.75 Å². The summed E-state index contributed by atoms with van der Waals surface area (Å²) in [6.07, 6.45) is -0.300. The number of nitro benzene ring substituents is 1. The summed E-state index contributed by atoms with van der Waals surface area (Å²) in [4.78, 5) is 12.3. The van der Waals surface area contributed by atoms with Gasteiger partial charge in [0.1, 0.15) is 18.5 Å². The van der Waals surface area contributed by atoms with Crippen LogP contribution in [-0.4, -0.2) is 59.5 Å². The average Bonchev–Trinajstić information content (AvgIpc) is 2.44. The van der Waals surface area contributed by atoms with Crippen LogP contribution in [0.5, 0.6) is 5.75 Å². The summed E-state index contributed by atoms with van der Waals surface area (Å²) in [7, 11) is 0. The predicted molar refractivity (Wildman–Crippen MR) is 81.0 cm³/mol. The number of aliphatic hydroxyl groups excluding tert-OH is 1. The molecule has 0 bridgehead atoms. The number of nitrogens with zero attached hydrogens (tertiary/aromatic N) is 2. The van der Waals surface area contributed by atoms with Gasteiger partial charge in [-0.1, -0.05) is 0 Å². The molecular formula is C15H22N2O5. The lowest BCUT2D eigenvalue weighted by Gasteiger charge is -2.36. The van der Waals surface area contributed by atoms with Crippen molar-refractivity contribution in [1.82, 2.24) is 4.90 Å². The molecule has 7 nitrogen and oxygen atoms in total. The number of benzene rings is 1. The zero-order valence-electron chi connectivity index (χ0n) is 12.8. The standard InChI is InChI=1S/C15H22N2O5/c1-11-7-16(8-12(2)22-11)9-14(18)10-21-15-5-3-13(4-6-15)17(19)20/h3-6,11-12,14,18H,7-10H2,1-2H3/t11-,12-,14-/m0/s1. The molecule has 3 atom stereocenters. The highest BCUT2D eigenvalue weighted by molar-refractivity contribution is 5.35. The second-order valence-corrected chi connectivity index (χ2v) is 5.69. The third kappa shape index (κ3) is 4.94. The van der Waals surface area contributed by atoms with Crippen LogP contribution in [0.2, 0.25) is 0 Å². The highest BCUT2D eigenvalue weighted by atomic mass is 16.6. The van der Waals surface area contributed by atoms with Crippen LogP contribution in [0.3, 0.4) is 0 Å². The summed E-state index contributed by atoms with van der Waals surface area (Å²) < 4.78 is 11.1. The van der Waals surface area contributed by atoms with Gasteiger partial charge in [0.05, 0.1) is 17.1 Å². The maximum absolute atomic E-state index is 10.6. The minimum Gasteiger partial charge on any atom is -0.491 e. The van der Waals surface area contributed by atoms with E-state index in [2.05, 4.69) is 4.90 Å². The molecule has 1 saturated heterocycles. The molecule has 0 spiro atoms. The van der Waals surface area contributed by atoms with Gasteiger partial charge < -0.3 is 14.6 Å². The van der Waals surface area contributed by atoms with Crippen LogP contribution in [0.4, 0.5) is 5.69 Å². The first-order chi connectivity index (χ1) is 10.4. The molecule has 122 valence electrons. The van der Waals surface area contributed by atoms with Gasteiger partial charge in [-0.15, -0.1) is 0 Å². The number of rotatable bonds is 6. The first-order valence-electron chi connectivity index (χ1n) is 7.37. The molecule has 2 rings (SSSR count). The average molecular weight is 310 g/mol. The van der Waals surface area contributed by atoms with Crippen molar-refractivity contribution in [1.29, 1.82) is 0 Å². The van der Waals surface area contributed by atoms with Gasteiger partial charge in [0, 0.05) is 31.8 Å². The van der Waals surface area contributed by atoms with E-state index in [4.69, 9.17) is 9.47 Å². The van der Waals surface area contributed by atoms with Crippen molar-refractivity contribution in [2.75, 3.05) is 26.2 Å². The summed E-state index contributed by atoms with van der Waals surface area (Å²) in [5.41, 5.74) is 0.0178. The Morgan fingerprint density at radius 3 is 2.50 bits per heavy atom. The van der Waals surface area contributed by atoms with Gasteiger partial charge in [-0.3, -0.25) is 15.0 Å². The lowest BCUT2D eigenvalue weighted by atomic mass is 10.2. The number of hydrogen-bond donors (Lipinski definition) is 1. The van der Waals surface area contributed by atoms with Gasteiger partial charge >= 0.3 is 0 Å². The summed E-state index contributed by atoms with van der Waals surface area (Å²) in [6.45, 7) is 6.28. The molecule has 0 saturated carbocycles. The molecule has 1 N–H and O–H groups in total. The highest BCUT2D eigenvalue weighted by Crippen LogP contribution is 2.17. The molecular weight excluding hydrogens is 288 g/mol. The quantitative estimate of drug-likeness (QED) is 0.632. The van der Waals surface area contributed by atoms with Crippen molar-refractivity contribution in [3.05, 3.63) is 34.4 Å². The Balaban J connectivity index is 1.77. The van der Waals surface area contributed by atoms with Gasteiger partial charge in [-0.2, -0.15) is 0 Å². The van der Waals surface area contributed by atoms with Gasteiger partial charge in [0.15, 0.2) is 0 Å². The molecule has 0 aliphatic carbocycles.